The van der Waals surface area contributed by atoms with Gasteiger partial charge in [0.1, 0.15) is 0 Å². The van der Waals surface area contributed by atoms with Gasteiger partial charge in [-0.05, 0) is 6.42 Å². The number of methoxy groups -OCH3 is 1. The summed E-state index contributed by atoms with van der Waals surface area (Å²) in [5.41, 5.74) is 5.44. The summed E-state index contributed by atoms with van der Waals surface area (Å²) in [4.78, 5) is 11.5. The molecule has 0 bridgehead atoms. The van der Waals surface area contributed by atoms with Crippen molar-refractivity contribution >= 4 is 5.95 Å². The summed E-state index contributed by atoms with van der Waals surface area (Å²) in [5, 5.41) is 0. The Labute approximate surface area is 88.8 Å². The van der Waals surface area contributed by atoms with Crippen molar-refractivity contribution < 1.29 is 9.47 Å². The van der Waals surface area contributed by atoms with Crippen molar-refractivity contribution in [3.05, 3.63) is 0 Å². The standard InChI is InChI=1S/C9H16N4O2/c1-3-4-5-6-15-9-12-7(10)11-8(13-9)14-2/h3-6H2,1-2H3,(H2,10,11,12,13). The van der Waals surface area contributed by atoms with Crippen LogP contribution in [0.25, 0.3) is 0 Å². The van der Waals surface area contributed by atoms with Gasteiger partial charge in [0.2, 0.25) is 5.95 Å². The third-order valence-corrected chi connectivity index (χ3v) is 1.77. The maximum Gasteiger partial charge on any atom is 0.324 e. The smallest absolute Gasteiger partial charge is 0.324 e. The first-order chi connectivity index (χ1) is 7.26. The molecule has 0 atom stereocenters. The molecule has 0 aliphatic heterocycles. The van der Waals surface area contributed by atoms with Gasteiger partial charge in [-0.25, -0.2) is 0 Å². The molecule has 0 saturated heterocycles. The monoisotopic (exact) mass is 212 g/mol. The second kappa shape index (κ2) is 6.00. The van der Waals surface area contributed by atoms with Crippen molar-refractivity contribution in [3.8, 4) is 12.0 Å². The number of aromatic nitrogens is 3. The molecule has 0 spiro atoms. The predicted molar refractivity (Wildman–Crippen MR) is 55.8 cm³/mol. The highest BCUT2D eigenvalue weighted by molar-refractivity contribution is 5.20. The van der Waals surface area contributed by atoms with Crippen LogP contribution in [0, 0.1) is 0 Å². The van der Waals surface area contributed by atoms with Gasteiger partial charge in [-0.1, -0.05) is 19.8 Å². The Morgan fingerprint density at radius 3 is 2.53 bits per heavy atom. The minimum absolute atomic E-state index is 0.104. The highest BCUT2D eigenvalue weighted by Gasteiger charge is 2.04. The summed E-state index contributed by atoms with van der Waals surface area (Å²) in [5.74, 6) is 0.104. The summed E-state index contributed by atoms with van der Waals surface area (Å²) >= 11 is 0. The first kappa shape index (κ1) is 11.5. The zero-order valence-corrected chi connectivity index (χ0v) is 9.06. The lowest BCUT2D eigenvalue weighted by Crippen LogP contribution is -2.06. The van der Waals surface area contributed by atoms with Gasteiger partial charge in [0.25, 0.3) is 0 Å². The molecule has 0 unspecified atom stereocenters. The molecule has 0 amide bonds. The van der Waals surface area contributed by atoms with Crippen LogP contribution < -0.4 is 15.2 Å². The van der Waals surface area contributed by atoms with Gasteiger partial charge in [0.05, 0.1) is 13.7 Å². The number of hydrogen-bond donors (Lipinski definition) is 1. The average molecular weight is 212 g/mol. The SMILES string of the molecule is CCCCCOc1nc(N)nc(OC)n1. The zero-order chi connectivity index (χ0) is 11.1. The number of nitrogens with zero attached hydrogens (tertiary/aromatic N) is 3. The van der Waals surface area contributed by atoms with E-state index >= 15 is 0 Å². The second-order valence-electron chi connectivity index (χ2n) is 3.02. The van der Waals surface area contributed by atoms with Crippen LogP contribution in [0.15, 0.2) is 0 Å². The van der Waals surface area contributed by atoms with Gasteiger partial charge in [-0.15, -0.1) is 4.98 Å². The molecule has 0 aliphatic rings. The summed E-state index contributed by atoms with van der Waals surface area (Å²) in [7, 11) is 1.47. The highest BCUT2D eigenvalue weighted by Crippen LogP contribution is 2.10. The molecule has 6 heteroatoms. The van der Waals surface area contributed by atoms with E-state index in [1.54, 1.807) is 0 Å². The lowest BCUT2D eigenvalue weighted by Gasteiger charge is -2.05. The Kier molecular flexibility index (Phi) is 4.59. The Morgan fingerprint density at radius 1 is 1.13 bits per heavy atom. The van der Waals surface area contributed by atoms with E-state index in [0.717, 1.165) is 19.3 Å². The molecular weight excluding hydrogens is 196 g/mol. The zero-order valence-electron chi connectivity index (χ0n) is 9.06. The molecule has 0 radical (unpaired) electrons. The fourth-order valence-electron chi connectivity index (χ4n) is 1.02. The van der Waals surface area contributed by atoms with Crippen molar-refractivity contribution in [2.75, 3.05) is 19.5 Å². The Bertz CT molecular complexity index is 306. The van der Waals surface area contributed by atoms with E-state index in [1.165, 1.54) is 7.11 Å². The van der Waals surface area contributed by atoms with E-state index in [-0.39, 0.29) is 18.0 Å². The minimum Gasteiger partial charge on any atom is -0.467 e. The van der Waals surface area contributed by atoms with Crippen LogP contribution in [0.1, 0.15) is 26.2 Å². The third-order valence-electron chi connectivity index (χ3n) is 1.77. The summed E-state index contributed by atoms with van der Waals surface area (Å²) in [6.07, 6.45) is 3.24. The number of nitrogen functional groups attached to an aromatic ring is 1. The number of ether oxygens (including phenoxy) is 2. The molecule has 1 aromatic rings. The number of nitrogens with two attached hydrogens (primary N) is 1. The maximum absolute atomic E-state index is 5.44. The van der Waals surface area contributed by atoms with Crippen molar-refractivity contribution in [2.45, 2.75) is 26.2 Å². The number of hydrogen-bond acceptors (Lipinski definition) is 6. The quantitative estimate of drug-likeness (QED) is 0.709. The fraction of sp³-hybridized carbons (Fsp3) is 0.667. The summed E-state index contributed by atoms with van der Waals surface area (Å²) < 4.78 is 10.2. The summed E-state index contributed by atoms with van der Waals surface area (Å²) in [6.45, 7) is 2.71. The van der Waals surface area contributed by atoms with Crippen molar-refractivity contribution in [2.24, 2.45) is 0 Å². The molecule has 84 valence electrons. The molecular formula is C9H16N4O2. The molecule has 1 aromatic heterocycles. The van der Waals surface area contributed by atoms with E-state index in [0.29, 0.717) is 6.61 Å². The van der Waals surface area contributed by atoms with Crippen LogP contribution in [-0.4, -0.2) is 28.7 Å². The highest BCUT2D eigenvalue weighted by atomic mass is 16.5. The Hall–Kier alpha value is -1.59. The van der Waals surface area contributed by atoms with Crippen molar-refractivity contribution in [3.63, 3.8) is 0 Å². The predicted octanol–water partition coefficient (Wildman–Crippen LogP) is 1.03. The summed E-state index contributed by atoms with van der Waals surface area (Å²) in [6, 6.07) is 0.392. The topological polar surface area (TPSA) is 83.2 Å². The van der Waals surface area contributed by atoms with E-state index in [9.17, 15) is 0 Å². The first-order valence-electron chi connectivity index (χ1n) is 4.94. The van der Waals surface area contributed by atoms with Crippen LogP contribution in [0.2, 0.25) is 0 Å². The largest absolute Gasteiger partial charge is 0.467 e. The van der Waals surface area contributed by atoms with Gasteiger partial charge < -0.3 is 15.2 Å². The molecule has 1 heterocycles. The van der Waals surface area contributed by atoms with E-state index in [1.807, 2.05) is 0 Å². The Morgan fingerprint density at radius 2 is 1.87 bits per heavy atom. The van der Waals surface area contributed by atoms with Crippen LogP contribution >= 0.6 is 0 Å². The number of unbranched alkanes of at least 4 members (excludes halogenated alkanes) is 2. The molecule has 0 saturated carbocycles. The van der Waals surface area contributed by atoms with Crippen LogP contribution in [-0.2, 0) is 0 Å². The van der Waals surface area contributed by atoms with E-state index in [2.05, 4.69) is 21.9 Å². The second-order valence-corrected chi connectivity index (χ2v) is 3.02. The van der Waals surface area contributed by atoms with Gasteiger partial charge in [0.15, 0.2) is 0 Å². The normalized spacial score (nSPS) is 10.0. The number of rotatable bonds is 6. The minimum atomic E-state index is 0.104. The first-order valence-corrected chi connectivity index (χ1v) is 4.94. The van der Waals surface area contributed by atoms with Gasteiger partial charge in [-0.2, -0.15) is 9.97 Å². The van der Waals surface area contributed by atoms with Crippen molar-refractivity contribution in [1.29, 1.82) is 0 Å². The van der Waals surface area contributed by atoms with Gasteiger partial charge in [-0.3, -0.25) is 0 Å². The van der Waals surface area contributed by atoms with Crippen LogP contribution in [0.3, 0.4) is 0 Å². The molecule has 1 rings (SSSR count). The van der Waals surface area contributed by atoms with Gasteiger partial charge in [0, 0.05) is 0 Å². The number of anilines is 1. The molecule has 0 aliphatic carbocycles. The van der Waals surface area contributed by atoms with E-state index in [4.69, 9.17) is 15.2 Å². The lowest BCUT2D eigenvalue weighted by molar-refractivity contribution is 0.273. The molecule has 2 N–H and O–H groups in total. The van der Waals surface area contributed by atoms with Crippen molar-refractivity contribution in [1.82, 2.24) is 15.0 Å². The maximum atomic E-state index is 5.44. The fourth-order valence-corrected chi connectivity index (χ4v) is 1.02. The molecule has 0 aromatic carbocycles. The average Bonchev–Trinajstić information content (AvgIpc) is 2.23. The van der Waals surface area contributed by atoms with Gasteiger partial charge >= 0.3 is 12.0 Å². The van der Waals surface area contributed by atoms with Crippen LogP contribution in [0.4, 0.5) is 5.95 Å². The lowest BCUT2D eigenvalue weighted by atomic mass is 10.3. The molecule has 6 nitrogen and oxygen atoms in total. The Balaban J connectivity index is 2.49. The van der Waals surface area contributed by atoms with E-state index < -0.39 is 0 Å². The molecule has 15 heavy (non-hydrogen) atoms. The third kappa shape index (κ3) is 3.97. The van der Waals surface area contributed by atoms with Crippen LogP contribution in [0.5, 0.6) is 12.0 Å². The molecule has 0 fully saturated rings.